The number of ketones is 2. The standard InChI is InChI=1S/C58H76N4O19.C32H56N6O13/c1-6-39-22-24-41(61-56(70)73-32-36-18-12-8-13-19-36)51(75-39)78-48-34(2)26-38(27-43(64)44(65)29-60-55(69)81-58(3,4)5)46(66)50(48)80-53-47(67)49(45(30-63)77-53)79-52-42(62-57(71)74-33-37-20-14-9-15-21-37)25-23-40(76-52)28-59-54(68)72-31-35-16-10-7-11-17-35;1-32(2,3)51-31(44)38-12-21(41)20(40)9-14-8-19(37)25(48-28-17(35)6-4-15(10-33)45-28)27(23(14)42)50-30-24(43)26(22(13-39)47-30)49-29-18(36)7-5-16(11-34)46-29/h7-25,34,38-42,44-53,63,65-67H,6,26-33H2,1-5H3,(H,59,68)(H,60,69)(H,61,70)(H,62,71);4-7,14-19,21-30,39,41-43H,8-13,33-37H2,1-3H3,(H,38,44)/t34-,38-,39+,40+,41+,42+,44-,45+,46-,47+,48+,49+,50+,51+,52+,53-;14-,15-,16+,17+,18+,19-,21-,22+,23-,24+,25+,26+,27+,28+,29+,30-/m00/s1. The van der Waals surface area contributed by atoms with E-state index in [0.29, 0.717) is 6.42 Å². The van der Waals surface area contributed by atoms with Gasteiger partial charge in [-0.15, -0.1) is 0 Å². The first-order valence-electron chi connectivity index (χ1n) is 44.3. The Balaban J connectivity index is 0.000000304. The van der Waals surface area contributed by atoms with E-state index >= 15 is 0 Å². The highest BCUT2D eigenvalue weighted by atomic mass is 16.8. The predicted octanol–water partition coefficient (Wildman–Crippen LogP) is 0.478. The molecule has 0 spiro atoms. The van der Waals surface area contributed by atoms with Gasteiger partial charge in [0.15, 0.2) is 49.3 Å². The molecular formula is C90H132N10O32. The van der Waals surface area contributed by atoms with E-state index in [1.807, 2.05) is 49.4 Å². The number of hydrogen-bond donors (Lipinski definition) is 18. The smallest absolute Gasteiger partial charge is 0.408 e. The van der Waals surface area contributed by atoms with E-state index in [2.05, 4.69) is 26.6 Å². The zero-order chi connectivity index (χ0) is 95.7. The number of aliphatic hydroxyl groups excluding tert-OH is 8. The SMILES string of the molecule is CC(C)(C)OC(=O)NC[C@H](O)C(=O)C[C@@H]1C[C@H](N)[C@@H](O[C@H]2O[C@H](CN)C=C[C@H]2N)[C@H](O[C@@H]2O[C@H](CO)[C@@H](O[C@H]3O[C@@H](CN)C=C[C@H]3N)[C@H]2O)[C@H]1O.CC[C@@H]1C=C[C@@H](NC(=O)OCc2ccccc2)[C@@H](O[C@H]2[C@H](O[C@@H]3O[C@H](CO)[C@@H](O[C@H]4O[C@@H](CNC(=O)OCc5ccccc5)C=C[C@H]4NC(=O)OCc4ccccc4)[C@H]3O)[C@@H](O)[C@H](CC(=O)[C@@H](O)CNC(=O)OC(C)(C)C)C[C@@H]2C)O1. The molecule has 23 N–H and O–H groups in total. The van der Waals surface area contributed by atoms with Crippen LogP contribution in [0.25, 0.3) is 0 Å². The van der Waals surface area contributed by atoms with Crippen LogP contribution in [0.2, 0.25) is 0 Å². The normalized spacial score (nSPS) is 33.7. The molecule has 6 aliphatic heterocycles. The van der Waals surface area contributed by atoms with Crippen molar-refractivity contribution >= 4 is 42.0 Å². The van der Waals surface area contributed by atoms with Crippen molar-refractivity contribution in [3.05, 3.63) is 156 Å². The van der Waals surface area contributed by atoms with Gasteiger partial charge in [-0.1, -0.05) is 153 Å². The third-order valence-electron chi connectivity index (χ3n) is 22.7. The fourth-order valence-electron chi connectivity index (χ4n) is 15.8. The molecule has 0 radical (unpaired) electrons. The lowest BCUT2D eigenvalue weighted by Crippen LogP contribution is -2.62. The monoisotopic (exact) mass is 1860 g/mol. The van der Waals surface area contributed by atoms with Gasteiger partial charge >= 0.3 is 30.5 Å². The molecule has 0 aromatic heterocycles. The summed E-state index contributed by atoms with van der Waals surface area (Å²) in [7, 11) is 0. The molecular weight excluding hydrogens is 1730 g/mol. The second-order valence-electron chi connectivity index (χ2n) is 35.4. The molecule has 132 heavy (non-hydrogen) atoms. The van der Waals surface area contributed by atoms with Crippen LogP contribution in [-0.2, 0) is 110 Å². The molecule has 734 valence electrons. The van der Waals surface area contributed by atoms with Crippen LogP contribution in [0.4, 0.5) is 24.0 Å². The van der Waals surface area contributed by atoms with E-state index < -0.39 is 275 Å². The van der Waals surface area contributed by atoms with Gasteiger partial charge in [0.05, 0.1) is 87.7 Å². The Bertz CT molecular complexity index is 4240. The fourth-order valence-corrected chi connectivity index (χ4v) is 15.8. The Morgan fingerprint density at radius 2 is 0.788 bits per heavy atom. The lowest BCUT2D eigenvalue weighted by atomic mass is 9.74. The van der Waals surface area contributed by atoms with Crippen LogP contribution >= 0.6 is 0 Å². The van der Waals surface area contributed by atoms with Crippen LogP contribution in [0, 0.1) is 17.8 Å². The Morgan fingerprint density at radius 1 is 0.424 bits per heavy atom. The van der Waals surface area contributed by atoms with Crippen molar-refractivity contribution in [2.45, 2.75) is 296 Å². The number of carbonyl (C=O) groups excluding carboxylic acids is 7. The summed E-state index contributed by atoms with van der Waals surface area (Å²) in [6.45, 7) is 11.6. The number of alkyl carbamates (subject to hydrolysis) is 5. The summed E-state index contributed by atoms with van der Waals surface area (Å²) in [5.74, 6) is -3.73. The summed E-state index contributed by atoms with van der Waals surface area (Å²) in [5.41, 5.74) is 31.1. The largest absolute Gasteiger partial charge is 0.445 e. The quantitative estimate of drug-likeness (QED) is 0.0276. The Morgan fingerprint density at radius 3 is 1.20 bits per heavy atom. The summed E-state index contributed by atoms with van der Waals surface area (Å²) < 4.78 is 101. The minimum absolute atomic E-state index is 0.0116. The van der Waals surface area contributed by atoms with E-state index in [9.17, 15) is 74.4 Å². The second-order valence-corrected chi connectivity index (χ2v) is 35.4. The van der Waals surface area contributed by atoms with Crippen molar-refractivity contribution in [1.29, 1.82) is 0 Å². The first-order valence-corrected chi connectivity index (χ1v) is 44.3. The first kappa shape index (κ1) is 105. The molecule has 2 saturated heterocycles. The van der Waals surface area contributed by atoms with E-state index in [0.717, 1.165) is 16.7 Å². The second kappa shape index (κ2) is 50.2. The highest BCUT2D eigenvalue weighted by Crippen LogP contribution is 2.42. The highest BCUT2D eigenvalue weighted by molar-refractivity contribution is 5.84. The maximum absolute atomic E-state index is 13.6. The molecule has 42 nitrogen and oxygen atoms in total. The van der Waals surface area contributed by atoms with Crippen LogP contribution in [0.3, 0.4) is 0 Å². The number of carbonyl (C=O) groups is 7. The molecule has 11 rings (SSSR count). The van der Waals surface area contributed by atoms with Crippen LogP contribution in [-0.4, -0.2) is 318 Å². The third kappa shape index (κ3) is 31.2. The van der Waals surface area contributed by atoms with Gasteiger partial charge in [0, 0.05) is 32.0 Å². The molecule has 2 saturated carbocycles. The first-order chi connectivity index (χ1) is 62.9. The Labute approximate surface area is 765 Å². The summed E-state index contributed by atoms with van der Waals surface area (Å²) >= 11 is 0. The number of hydrogen-bond acceptors (Lipinski definition) is 37. The number of nitrogens with two attached hydrogens (primary N) is 5. The highest BCUT2D eigenvalue weighted by Gasteiger charge is 2.56. The number of rotatable bonds is 37. The molecule has 3 aromatic rings. The third-order valence-corrected chi connectivity index (χ3v) is 22.7. The van der Waals surface area contributed by atoms with Crippen molar-refractivity contribution in [1.82, 2.24) is 26.6 Å². The average Bonchev–Trinajstić information content (AvgIpc) is 1.18. The van der Waals surface area contributed by atoms with Crippen LogP contribution in [0.1, 0.15) is 104 Å². The van der Waals surface area contributed by atoms with Gasteiger partial charge in [-0.05, 0) is 95.2 Å². The van der Waals surface area contributed by atoms with Gasteiger partial charge < -0.3 is 177 Å². The molecule has 8 aliphatic rings. The lowest BCUT2D eigenvalue weighted by Gasteiger charge is -2.46. The molecule has 0 bridgehead atoms. The number of benzene rings is 3. The Hall–Kier alpha value is -8.69. The minimum atomic E-state index is -1.75. The maximum Gasteiger partial charge on any atom is 0.408 e. The summed E-state index contributed by atoms with van der Waals surface area (Å²) in [5, 5.41) is 103. The van der Waals surface area contributed by atoms with Crippen molar-refractivity contribution in [3.8, 4) is 0 Å². The molecule has 0 unspecified atom stereocenters. The van der Waals surface area contributed by atoms with E-state index in [-0.39, 0.29) is 65.1 Å². The molecule has 6 heterocycles. The fraction of sp³-hybridized carbons (Fsp3) is 0.633. The van der Waals surface area contributed by atoms with E-state index in [4.69, 9.17) is 109 Å². The van der Waals surface area contributed by atoms with Gasteiger partial charge in [0.1, 0.15) is 110 Å². The summed E-state index contributed by atoms with van der Waals surface area (Å²) in [6.07, 6.45) is -20.6. The van der Waals surface area contributed by atoms with Crippen LogP contribution in [0.5, 0.6) is 0 Å². The van der Waals surface area contributed by atoms with Crippen LogP contribution in [0.15, 0.2) is 140 Å². The Kier molecular flexibility index (Phi) is 40.1. The van der Waals surface area contributed by atoms with Gasteiger partial charge in [0.25, 0.3) is 0 Å². The van der Waals surface area contributed by atoms with E-state index in [1.54, 1.807) is 146 Å². The van der Waals surface area contributed by atoms with Gasteiger partial charge in [-0.3, -0.25) is 9.59 Å². The number of nitrogens with one attached hydrogen (secondary N) is 5. The maximum atomic E-state index is 13.6. The van der Waals surface area contributed by atoms with Gasteiger partial charge in [-0.25, -0.2) is 24.0 Å². The number of amides is 5. The van der Waals surface area contributed by atoms with Crippen molar-refractivity contribution in [2.24, 2.45) is 46.4 Å². The van der Waals surface area contributed by atoms with Crippen molar-refractivity contribution in [3.63, 3.8) is 0 Å². The van der Waals surface area contributed by atoms with Crippen molar-refractivity contribution < 1.29 is 155 Å². The summed E-state index contributed by atoms with van der Waals surface area (Å²) in [4.78, 5) is 90.4. The predicted molar refractivity (Wildman–Crippen MR) is 465 cm³/mol. The number of Topliss-reactive ketones (excluding diaryl/α,β-unsaturated/α-hetero) is 2. The zero-order valence-corrected chi connectivity index (χ0v) is 75.1. The topological polar surface area (TPSA) is 628 Å². The van der Waals surface area contributed by atoms with Crippen molar-refractivity contribution in [2.75, 3.05) is 45.9 Å². The molecule has 32 atom stereocenters. The van der Waals surface area contributed by atoms with E-state index in [1.165, 1.54) is 0 Å². The molecule has 4 fully saturated rings. The summed E-state index contributed by atoms with van der Waals surface area (Å²) in [6, 6.07) is 22.8. The minimum Gasteiger partial charge on any atom is -0.445 e. The zero-order valence-electron chi connectivity index (χ0n) is 75.1. The molecule has 5 amide bonds. The number of aliphatic hydroxyl groups is 8. The number of ether oxygens (including phenoxy) is 17. The molecule has 2 aliphatic carbocycles. The van der Waals surface area contributed by atoms with Crippen LogP contribution < -0.4 is 55.3 Å². The average molecular weight is 1870 g/mol. The lowest BCUT2D eigenvalue weighted by molar-refractivity contribution is -0.291. The molecule has 42 heteroatoms. The van der Waals surface area contributed by atoms with Gasteiger partial charge in [-0.2, -0.15) is 0 Å². The molecule has 3 aromatic carbocycles. The van der Waals surface area contributed by atoms with Gasteiger partial charge in [0.2, 0.25) is 0 Å².